The maximum atomic E-state index is 14.3. The minimum atomic E-state index is -2.59. The van der Waals surface area contributed by atoms with Crippen LogP contribution in [-0.2, 0) is 42.9 Å². The van der Waals surface area contributed by atoms with E-state index in [1.54, 1.807) is 27.7 Å². The molecule has 1 saturated carbocycles. The number of piperidine rings is 1. The average molecular weight is 826 g/mol. The molecule has 0 aromatic heterocycles. The van der Waals surface area contributed by atoms with Crippen molar-refractivity contribution in [1.82, 2.24) is 4.90 Å². The zero-order valence-electron chi connectivity index (χ0n) is 36.0. The molecule has 3 saturated heterocycles. The predicted molar refractivity (Wildman–Crippen MR) is 211 cm³/mol. The van der Waals surface area contributed by atoms with Gasteiger partial charge in [0, 0.05) is 46.1 Å². The van der Waals surface area contributed by atoms with Crippen molar-refractivity contribution in [3.8, 4) is 0 Å². The SMILES string of the molecule is CC[C@@H]1C(O)C(C)(O)C[C@H](C)C[C@H](OC)[C@H]2O[C@@](O)(C(=O)C(=O)N3CCCC[C@H]3C(=O)O[C@H](/C(C)=C/[C@@H]3CC[C@@H](O)[C@H](OC)C3)[C@H](C)C(=O)C[C@@H]1O)[C@H](C)C[C@@H]2OC. The van der Waals surface area contributed by atoms with E-state index in [4.69, 9.17) is 23.7 Å². The molecule has 16 atom stereocenters. The topological polar surface area (TPSA) is 219 Å². The number of carbonyl (C=O) groups excluding carboxylic acids is 4. The van der Waals surface area contributed by atoms with Gasteiger partial charge in [-0.05, 0) is 95.5 Å². The Kier molecular flexibility index (Phi) is 17.1. The van der Waals surface area contributed by atoms with Crippen molar-refractivity contribution in [3.05, 3.63) is 11.6 Å². The number of esters is 1. The summed E-state index contributed by atoms with van der Waals surface area (Å²) in [5, 5.41) is 57.3. The number of methoxy groups -OCH3 is 3. The van der Waals surface area contributed by atoms with Crippen molar-refractivity contribution in [1.29, 1.82) is 0 Å². The van der Waals surface area contributed by atoms with Gasteiger partial charge in [0.15, 0.2) is 0 Å². The van der Waals surface area contributed by atoms with Crippen LogP contribution in [0.3, 0.4) is 0 Å². The van der Waals surface area contributed by atoms with E-state index in [1.807, 2.05) is 13.0 Å². The van der Waals surface area contributed by atoms with E-state index in [0.717, 1.165) is 4.90 Å². The lowest BCUT2D eigenvalue weighted by molar-refractivity contribution is -0.302. The Morgan fingerprint density at radius 2 is 1.52 bits per heavy atom. The minimum Gasteiger partial charge on any atom is -0.456 e. The lowest BCUT2D eigenvalue weighted by atomic mass is 9.76. The summed E-state index contributed by atoms with van der Waals surface area (Å²) >= 11 is 0. The van der Waals surface area contributed by atoms with Crippen molar-refractivity contribution < 1.29 is 68.4 Å². The molecule has 3 heterocycles. The first-order chi connectivity index (χ1) is 27.2. The van der Waals surface area contributed by atoms with Gasteiger partial charge >= 0.3 is 5.97 Å². The number of fused-ring (bicyclic) bond motifs is 3. The second-order valence-electron chi connectivity index (χ2n) is 17.9. The quantitative estimate of drug-likeness (QED) is 0.148. The molecular weight excluding hydrogens is 754 g/mol. The molecule has 4 rings (SSSR count). The van der Waals surface area contributed by atoms with Gasteiger partial charge in [-0.25, -0.2) is 4.79 Å². The Morgan fingerprint density at radius 1 is 0.879 bits per heavy atom. The fourth-order valence-electron chi connectivity index (χ4n) is 9.93. The largest absolute Gasteiger partial charge is 0.456 e. The monoisotopic (exact) mass is 825 g/mol. The zero-order valence-corrected chi connectivity index (χ0v) is 36.0. The van der Waals surface area contributed by atoms with Gasteiger partial charge in [0.05, 0.1) is 48.1 Å². The number of ether oxygens (including phenoxy) is 5. The van der Waals surface area contributed by atoms with E-state index < -0.39 is 114 Å². The van der Waals surface area contributed by atoms with Crippen molar-refractivity contribution in [2.75, 3.05) is 27.9 Å². The Balaban J connectivity index is 1.79. The van der Waals surface area contributed by atoms with Crippen molar-refractivity contribution in [3.63, 3.8) is 0 Å². The fraction of sp³-hybridized carbons (Fsp3) is 0.860. The number of nitrogens with zero attached hydrogens (tertiary/aromatic N) is 1. The van der Waals surface area contributed by atoms with Gasteiger partial charge < -0.3 is 54.1 Å². The summed E-state index contributed by atoms with van der Waals surface area (Å²) in [5.74, 6) is -9.40. The predicted octanol–water partition coefficient (Wildman–Crippen LogP) is 2.64. The second-order valence-corrected chi connectivity index (χ2v) is 17.9. The zero-order chi connectivity index (χ0) is 43.3. The third-order valence-electron chi connectivity index (χ3n) is 13.5. The van der Waals surface area contributed by atoms with Crippen LogP contribution in [0.15, 0.2) is 11.6 Å². The maximum absolute atomic E-state index is 14.3. The average Bonchev–Trinajstić information content (AvgIpc) is 3.19. The van der Waals surface area contributed by atoms with Crippen molar-refractivity contribution >= 4 is 23.4 Å². The molecule has 3 aliphatic heterocycles. The summed E-state index contributed by atoms with van der Waals surface area (Å²) in [7, 11) is 4.45. The van der Waals surface area contributed by atoms with Crippen LogP contribution in [0.1, 0.15) is 112 Å². The van der Waals surface area contributed by atoms with E-state index in [2.05, 4.69) is 0 Å². The van der Waals surface area contributed by atoms with Crippen molar-refractivity contribution in [2.45, 2.75) is 178 Å². The number of carbonyl (C=O) groups is 4. The third kappa shape index (κ3) is 10.7. The molecule has 2 bridgehead atoms. The normalized spacial score (nSPS) is 43.6. The Bertz CT molecular complexity index is 1450. The lowest BCUT2D eigenvalue weighted by Gasteiger charge is -2.47. The van der Waals surface area contributed by atoms with Gasteiger partial charge in [-0.1, -0.05) is 33.8 Å². The highest BCUT2D eigenvalue weighted by atomic mass is 16.7. The number of Topliss-reactive ketones (excluding diaryl/α,β-unsaturated/α-hetero) is 2. The van der Waals surface area contributed by atoms with Crippen LogP contribution in [0.5, 0.6) is 0 Å². The minimum absolute atomic E-state index is 0.0424. The first kappa shape index (κ1) is 48.3. The Morgan fingerprint density at radius 3 is 2.14 bits per heavy atom. The highest BCUT2D eigenvalue weighted by Gasteiger charge is 2.57. The Hall–Kier alpha value is -2.34. The number of amides is 1. The van der Waals surface area contributed by atoms with E-state index >= 15 is 0 Å². The van der Waals surface area contributed by atoms with E-state index in [1.165, 1.54) is 28.3 Å². The smallest absolute Gasteiger partial charge is 0.329 e. The van der Waals surface area contributed by atoms with Gasteiger partial charge in [-0.15, -0.1) is 0 Å². The highest BCUT2D eigenvalue weighted by molar-refractivity contribution is 6.39. The molecule has 2 unspecified atom stereocenters. The first-order valence-electron chi connectivity index (χ1n) is 21.3. The molecule has 0 radical (unpaired) electrons. The highest BCUT2D eigenvalue weighted by Crippen LogP contribution is 2.40. The lowest BCUT2D eigenvalue weighted by Crippen LogP contribution is -2.64. The van der Waals surface area contributed by atoms with Crippen LogP contribution >= 0.6 is 0 Å². The van der Waals surface area contributed by atoms with Gasteiger partial charge in [0.2, 0.25) is 5.79 Å². The molecule has 1 aliphatic carbocycles. The van der Waals surface area contributed by atoms with Crippen LogP contribution < -0.4 is 0 Å². The summed E-state index contributed by atoms with van der Waals surface area (Å²) in [5.41, 5.74) is -1.17. The molecule has 58 heavy (non-hydrogen) atoms. The fourth-order valence-corrected chi connectivity index (χ4v) is 9.93. The van der Waals surface area contributed by atoms with Crippen molar-refractivity contribution in [2.24, 2.45) is 29.6 Å². The first-order valence-corrected chi connectivity index (χ1v) is 21.3. The van der Waals surface area contributed by atoms with Gasteiger partial charge in [-0.2, -0.15) is 0 Å². The van der Waals surface area contributed by atoms with E-state index in [-0.39, 0.29) is 50.5 Å². The number of rotatable bonds is 6. The summed E-state index contributed by atoms with van der Waals surface area (Å²) in [4.78, 5) is 58.0. The van der Waals surface area contributed by atoms with Gasteiger partial charge in [0.1, 0.15) is 24.0 Å². The number of cyclic esters (lactones) is 1. The molecule has 15 nitrogen and oxygen atoms in total. The van der Waals surface area contributed by atoms with Crippen LogP contribution in [0.4, 0.5) is 0 Å². The number of aliphatic hydroxyl groups excluding tert-OH is 3. The number of hydrogen-bond donors (Lipinski definition) is 5. The maximum Gasteiger partial charge on any atom is 0.329 e. The number of hydrogen-bond acceptors (Lipinski definition) is 14. The van der Waals surface area contributed by atoms with Crippen LogP contribution in [0.25, 0.3) is 0 Å². The molecule has 0 spiro atoms. The molecule has 0 aromatic carbocycles. The Labute approximate surface area is 343 Å². The standard InChI is InChI=1S/C43H71NO14/c1-10-28-32(47)21-31(46)26(5)36(24(3)18-27-14-15-30(45)33(20-27)54-7)57-41(51)29-13-11-12-16-44(29)40(50)39(49)43(53)25(4)19-35(56-9)37(58-43)34(55-8)17-23(2)22-42(6,52)38(28)48/h18,23,25-30,32-38,45,47-48,52-53H,10-17,19-22H2,1-9H3/b24-18+/t23-,25-,26-,27+,28+,29+,30-,32+,33-,34+,35+,36-,37-,38?,42?,43-/m1/s1. The van der Waals surface area contributed by atoms with Gasteiger partial charge in [-0.3, -0.25) is 14.4 Å². The number of allylic oxidation sites excluding steroid dienone is 1. The second kappa shape index (κ2) is 20.5. The summed E-state index contributed by atoms with van der Waals surface area (Å²) in [6, 6.07) is -1.20. The molecular formula is C43H71NO14. The molecule has 4 aliphatic rings. The number of ketones is 2. The summed E-state index contributed by atoms with van der Waals surface area (Å²) < 4.78 is 29.5. The van der Waals surface area contributed by atoms with E-state index in [0.29, 0.717) is 37.7 Å². The molecule has 1 amide bonds. The van der Waals surface area contributed by atoms with Crippen LogP contribution in [0.2, 0.25) is 0 Å². The number of aliphatic hydroxyl groups is 5. The van der Waals surface area contributed by atoms with Crippen LogP contribution in [-0.4, -0.2) is 148 Å². The summed E-state index contributed by atoms with van der Waals surface area (Å²) in [6.07, 6.45) is -2.42. The van der Waals surface area contributed by atoms with Gasteiger partial charge in [0.25, 0.3) is 11.7 Å². The third-order valence-corrected chi connectivity index (χ3v) is 13.5. The molecule has 4 fully saturated rings. The molecule has 5 N–H and O–H groups in total. The molecule has 0 aromatic rings. The van der Waals surface area contributed by atoms with Crippen LogP contribution in [0, 0.1) is 29.6 Å². The summed E-state index contributed by atoms with van der Waals surface area (Å²) in [6.45, 7) is 10.0. The molecule has 15 heteroatoms. The molecule has 332 valence electrons. The van der Waals surface area contributed by atoms with E-state index in [9.17, 15) is 44.7 Å².